The Morgan fingerprint density at radius 1 is 0.694 bits per heavy atom. The number of aliphatic hydroxyl groups excluding tert-OH is 2. The molecule has 0 radical (unpaired) electrons. The molecule has 262 valence electrons. The van der Waals surface area contributed by atoms with Crippen LogP contribution in [0.1, 0.15) is 0 Å². The van der Waals surface area contributed by atoms with Crippen LogP contribution in [-0.4, -0.2) is 146 Å². The second-order valence-corrected chi connectivity index (χ2v) is 12.5. The van der Waals surface area contributed by atoms with Crippen molar-refractivity contribution < 1.29 is 150 Å². The third-order valence-electron chi connectivity index (χ3n) is 4.75. The van der Waals surface area contributed by atoms with E-state index in [0.29, 0.717) is 37.2 Å². The molecule has 3 aromatic heterocycles. The van der Waals surface area contributed by atoms with Gasteiger partial charge >= 0.3 is 103 Å². The maximum Gasteiger partial charge on any atom is 1.00 e. The van der Waals surface area contributed by atoms with Crippen LogP contribution in [0.5, 0.6) is 0 Å². The average molecular weight is 820 g/mol. The molecule has 3 heterocycles. The second kappa shape index (κ2) is 27.9. The number of H-pyrrole nitrogens is 1. The van der Waals surface area contributed by atoms with Crippen LogP contribution >= 0.6 is 35.6 Å². The minimum atomic E-state index is -4.46. The average Bonchev–Trinajstić information content (AvgIpc) is 3.46. The van der Waals surface area contributed by atoms with Gasteiger partial charge in [0.05, 0.1) is 55.5 Å². The maximum absolute atomic E-state index is 11.0. The summed E-state index contributed by atoms with van der Waals surface area (Å²) in [6.07, 6.45) is 0. The number of aromatic amines is 1. The summed E-state index contributed by atoms with van der Waals surface area (Å²) < 4.78 is 47.6. The summed E-state index contributed by atoms with van der Waals surface area (Å²) in [7, 11) is -4.46. The Morgan fingerprint density at radius 2 is 1.20 bits per heavy atom. The van der Waals surface area contributed by atoms with Crippen molar-refractivity contribution in [2.24, 2.45) is 0 Å². The molecule has 0 atom stereocenters. The van der Waals surface area contributed by atoms with E-state index in [1.807, 2.05) is 0 Å². The first-order valence-corrected chi connectivity index (χ1v) is 17.5. The topological polar surface area (TPSA) is 325 Å². The van der Waals surface area contributed by atoms with Crippen LogP contribution in [-0.2, 0) is 29.0 Å². The van der Waals surface area contributed by atoms with Crippen molar-refractivity contribution >= 4 is 69.5 Å². The van der Waals surface area contributed by atoms with Gasteiger partial charge in [-0.15, -0.1) is 5.10 Å². The van der Waals surface area contributed by atoms with Crippen molar-refractivity contribution in [3.05, 3.63) is 0 Å². The molecule has 0 aliphatic rings. The number of nitrogens with zero attached hydrogens (tertiary/aromatic N) is 8. The van der Waals surface area contributed by atoms with Crippen molar-refractivity contribution in [2.45, 2.75) is 20.6 Å². The summed E-state index contributed by atoms with van der Waals surface area (Å²) in [4.78, 5) is 30.2. The fourth-order valence-electron chi connectivity index (χ4n) is 2.96. The molecule has 0 aromatic carbocycles. The second-order valence-electron chi connectivity index (χ2n) is 8.26. The first-order valence-electron chi connectivity index (χ1n) is 13.4. The first-order chi connectivity index (χ1) is 22.8. The van der Waals surface area contributed by atoms with Gasteiger partial charge in [0.2, 0.25) is 39.3 Å². The predicted molar refractivity (Wildman–Crippen MR) is 163 cm³/mol. The van der Waals surface area contributed by atoms with Gasteiger partial charge in [0.1, 0.15) is 0 Å². The van der Waals surface area contributed by atoms with Gasteiger partial charge in [0, 0.05) is 44.0 Å². The largest absolute Gasteiger partial charge is 1.00 e. The van der Waals surface area contributed by atoms with Crippen molar-refractivity contribution in [3.8, 4) is 0 Å². The van der Waals surface area contributed by atoms with Gasteiger partial charge in [-0.3, -0.25) is 10.1 Å². The van der Waals surface area contributed by atoms with Gasteiger partial charge in [-0.05, 0) is 23.5 Å². The van der Waals surface area contributed by atoms with Crippen LogP contribution in [0.2, 0.25) is 0 Å². The van der Waals surface area contributed by atoms with E-state index in [2.05, 4.69) is 75.7 Å². The SMILES string of the molecule is O=S(=O)([O-])CCNc1nc(NCCOCCO)nc(Sc2n[nH]c(Sc3nc(NCCOCCO)nc(NCCSOO[O-])n3)n2)n1.[K+].[K+]. The van der Waals surface area contributed by atoms with Gasteiger partial charge in [-0.25, -0.2) is 8.42 Å². The molecule has 0 aliphatic heterocycles. The van der Waals surface area contributed by atoms with Crippen molar-refractivity contribution in [1.29, 1.82) is 0 Å². The molecule has 3 rings (SSSR count). The fraction of sp³-hybridized carbons (Fsp3) is 0.600. The van der Waals surface area contributed by atoms with E-state index in [1.54, 1.807) is 0 Å². The van der Waals surface area contributed by atoms with Crippen molar-refractivity contribution in [3.63, 3.8) is 0 Å². The zero-order valence-corrected chi connectivity index (χ0v) is 35.9. The van der Waals surface area contributed by atoms with Crippen LogP contribution in [0, 0.1) is 0 Å². The Bertz CT molecular complexity index is 1430. The zero-order valence-electron chi connectivity index (χ0n) is 26.4. The molecule has 0 spiro atoms. The molecule has 0 saturated heterocycles. The molecule has 29 heteroatoms. The Balaban J connectivity index is 0.00000600. The van der Waals surface area contributed by atoms with Crippen LogP contribution < -0.4 is 129 Å². The molecule has 0 amide bonds. The Kier molecular flexibility index (Phi) is 26.9. The molecule has 3 aromatic rings. The number of nitrogens with one attached hydrogen (secondary N) is 5. The summed E-state index contributed by atoms with van der Waals surface area (Å²) >= 11 is 2.81. The predicted octanol–water partition coefficient (Wildman–Crippen LogP) is -8.43. The van der Waals surface area contributed by atoms with E-state index >= 15 is 0 Å². The Labute approximate surface area is 378 Å². The minimum Gasteiger partial charge on any atom is -0.748 e. The number of anilines is 4. The molecule has 7 N–H and O–H groups in total. The van der Waals surface area contributed by atoms with E-state index in [4.69, 9.17) is 19.7 Å². The Hall–Kier alpha value is 0.313. The summed E-state index contributed by atoms with van der Waals surface area (Å²) in [5, 5.41) is 50.4. The van der Waals surface area contributed by atoms with Crippen LogP contribution in [0.3, 0.4) is 0 Å². The third-order valence-corrected chi connectivity index (χ3v) is 7.45. The van der Waals surface area contributed by atoms with E-state index in [0.717, 1.165) is 35.6 Å². The third kappa shape index (κ3) is 21.6. The fourth-order valence-corrected chi connectivity index (χ4v) is 4.98. The van der Waals surface area contributed by atoms with Crippen molar-refractivity contribution in [1.82, 2.24) is 45.1 Å². The van der Waals surface area contributed by atoms with E-state index in [1.165, 1.54) is 0 Å². The van der Waals surface area contributed by atoms with Gasteiger partial charge in [-0.2, -0.15) is 39.2 Å². The first kappa shape index (κ1) is 47.3. The normalized spacial score (nSPS) is 11.0. The number of hydrogen-bond acceptors (Lipinski definition) is 25. The van der Waals surface area contributed by atoms with Gasteiger partial charge in [0.25, 0.3) is 0 Å². The molecule has 23 nitrogen and oxygen atoms in total. The number of aliphatic hydroxyl groups is 2. The maximum atomic E-state index is 11.0. The zero-order chi connectivity index (χ0) is 33.7. The van der Waals surface area contributed by atoms with Gasteiger partial charge in [0.15, 0.2) is 5.16 Å². The van der Waals surface area contributed by atoms with Gasteiger partial charge in [-0.1, -0.05) is 0 Å². The summed E-state index contributed by atoms with van der Waals surface area (Å²) in [6, 6.07) is 0. The number of aromatic nitrogens is 9. The van der Waals surface area contributed by atoms with Crippen LogP contribution in [0.4, 0.5) is 23.8 Å². The molecule has 0 bridgehead atoms. The molecule has 0 aliphatic carbocycles. The minimum absolute atomic E-state index is 0. The number of hydrogen-bond donors (Lipinski definition) is 7. The molecule has 0 unspecified atom stereocenters. The van der Waals surface area contributed by atoms with Crippen LogP contribution in [0.15, 0.2) is 20.6 Å². The summed E-state index contributed by atoms with van der Waals surface area (Å²) in [5.74, 6) is 0.258. The van der Waals surface area contributed by atoms with E-state index < -0.39 is 15.9 Å². The smallest absolute Gasteiger partial charge is 0.748 e. The van der Waals surface area contributed by atoms with Crippen molar-refractivity contribution in [2.75, 3.05) is 98.6 Å². The quantitative estimate of drug-likeness (QED) is 0.00987. The molecular weight excluding hydrogens is 789 g/mol. The molecule has 0 saturated carbocycles. The standard InChI is InChI=1S/C20H33N13O10S4.2K/c34-5-9-40-7-1-21-13-25-15(23-3-11-44-43-42-36)29-17(27-13)45-19-31-20(33-32-19)46-18-28-14(22-2-8-41-10-6-35)26-16(30-18)24-4-12-47(37,38)39;;/h34-36H,1-12H2,(H,31,32,33)(H,37,38,39)(H2,21,23,25,27,29)(H2,22,24,26,28,30);;/q;2*+1/p-2. The van der Waals surface area contributed by atoms with E-state index in [-0.39, 0.29) is 182 Å². The number of ether oxygens (including phenoxy) is 2. The van der Waals surface area contributed by atoms with Gasteiger partial charge < -0.3 is 50.8 Å². The summed E-state index contributed by atoms with van der Waals surface area (Å²) in [6.45, 7) is 1.42. The summed E-state index contributed by atoms with van der Waals surface area (Å²) in [5.41, 5.74) is 0. The van der Waals surface area contributed by atoms with Crippen LogP contribution in [0.25, 0.3) is 0 Å². The molecule has 0 fully saturated rings. The van der Waals surface area contributed by atoms with E-state index in [9.17, 15) is 18.2 Å². The molecule has 49 heavy (non-hydrogen) atoms. The Morgan fingerprint density at radius 3 is 1.71 bits per heavy atom. The number of rotatable bonds is 26. The monoisotopic (exact) mass is 819 g/mol. The molecular formula is C20H31K2N13O10S4.